The molecule has 20 heteroatoms. The predicted octanol–water partition coefficient (Wildman–Crippen LogP) is 5.87. The lowest BCUT2D eigenvalue weighted by atomic mass is 9.84. The third-order valence-corrected chi connectivity index (χ3v) is 4.23. The van der Waals surface area contributed by atoms with Crippen molar-refractivity contribution in [3.8, 4) is 0 Å². The molecule has 0 amide bonds. The first-order valence-corrected chi connectivity index (χ1v) is 8.09. The van der Waals surface area contributed by atoms with E-state index in [4.69, 9.17) is 0 Å². The Kier molecular flexibility index (Phi) is 8.04. The molecule has 0 aromatic rings. The van der Waals surface area contributed by atoms with Gasteiger partial charge in [-0.25, -0.2) is 4.79 Å². The molecule has 0 heterocycles. The summed E-state index contributed by atoms with van der Waals surface area (Å²) >= 11 is 0. The lowest BCUT2D eigenvalue weighted by molar-refractivity contribution is -0.467. The highest BCUT2D eigenvalue weighted by Crippen LogP contribution is 2.64. The molecule has 0 aliphatic heterocycles. The molecule has 0 bridgehead atoms. The average Bonchev–Trinajstić information content (AvgIpc) is 2.63. The first-order chi connectivity index (χ1) is 14.8. The van der Waals surface area contributed by atoms with E-state index in [1.807, 2.05) is 0 Å². The van der Waals surface area contributed by atoms with Crippen LogP contribution in [0.15, 0.2) is 12.2 Å². The summed E-state index contributed by atoms with van der Waals surface area (Å²) in [6.07, 6.45) is -7.85. The maximum Gasteiger partial charge on any atom is 0.460 e. The van der Waals surface area contributed by atoms with E-state index >= 15 is 0 Å². The van der Waals surface area contributed by atoms with E-state index in [0.29, 0.717) is 0 Å². The zero-order chi connectivity index (χ0) is 29.1. The number of carbonyl (C=O) groups is 1. The third kappa shape index (κ3) is 4.49. The van der Waals surface area contributed by atoms with Crippen molar-refractivity contribution < 1.29 is 89.3 Å². The SMILES string of the molecule is C=C(C)C(=O)OCC(C)(O)C(F)(F)C(F)(F)C(F)(F)C(F)(F)C(F)(F)C(F)(F)C(F)(F)C(F)(F)F. The maximum absolute atomic E-state index is 14.0. The van der Waals surface area contributed by atoms with Crippen LogP contribution in [0.5, 0.6) is 0 Å². The Hall–Kier alpha value is -2.02. The molecule has 0 aromatic heterocycles. The fourth-order valence-electron chi connectivity index (χ4n) is 1.92. The maximum atomic E-state index is 14.0. The summed E-state index contributed by atoms with van der Waals surface area (Å²) in [4.78, 5) is 11.1. The zero-order valence-corrected chi connectivity index (χ0v) is 16.6. The lowest BCUT2D eigenvalue weighted by Gasteiger charge is -2.45. The van der Waals surface area contributed by atoms with Crippen molar-refractivity contribution in [3.05, 3.63) is 12.2 Å². The number of carbonyl (C=O) groups excluding carboxylic acids is 1. The second-order valence-electron chi connectivity index (χ2n) is 7.15. The largest absolute Gasteiger partial charge is 0.460 e. The van der Waals surface area contributed by atoms with Gasteiger partial charge < -0.3 is 9.84 Å². The van der Waals surface area contributed by atoms with Crippen LogP contribution < -0.4 is 0 Å². The van der Waals surface area contributed by atoms with Crippen molar-refractivity contribution in [3.63, 3.8) is 0 Å². The van der Waals surface area contributed by atoms with Gasteiger partial charge in [-0.05, 0) is 13.8 Å². The summed E-state index contributed by atoms with van der Waals surface area (Å²) in [5.41, 5.74) is -5.60. The minimum Gasteiger partial charge on any atom is -0.459 e. The molecule has 0 radical (unpaired) electrons. The second kappa shape index (κ2) is 8.53. The van der Waals surface area contributed by atoms with Crippen LogP contribution >= 0.6 is 0 Å². The predicted molar refractivity (Wildman–Crippen MR) is 77.1 cm³/mol. The molecule has 208 valence electrons. The Balaban J connectivity index is 6.74. The van der Waals surface area contributed by atoms with Gasteiger partial charge in [0, 0.05) is 5.57 Å². The number of esters is 1. The van der Waals surface area contributed by atoms with Crippen molar-refractivity contribution in [2.45, 2.75) is 67.1 Å². The van der Waals surface area contributed by atoms with Gasteiger partial charge in [-0.1, -0.05) is 6.58 Å². The molecule has 0 saturated heterocycles. The molecule has 0 aromatic carbocycles. The molecule has 0 fully saturated rings. The number of rotatable bonds is 10. The standard InChI is InChI=1S/C15H11F17O3/c1-5(2)6(33)35-4-7(3,34)8(16,17)9(18,19)10(20,21)11(22,23)12(24,25)13(26,27)14(28,29)15(30,31)32/h34H,1,4H2,2-3H3. The molecule has 3 nitrogen and oxygen atoms in total. The average molecular weight is 562 g/mol. The summed E-state index contributed by atoms with van der Waals surface area (Å²) < 4.78 is 228. The van der Waals surface area contributed by atoms with E-state index in [-0.39, 0.29) is 0 Å². The molecule has 1 N–H and O–H groups in total. The first-order valence-electron chi connectivity index (χ1n) is 8.09. The van der Waals surface area contributed by atoms with E-state index < -0.39 is 78.3 Å². The second-order valence-corrected chi connectivity index (χ2v) is 7.15. The molecule has 0 saturated carbocycles. The molecular weight excluding hydrogens is 551 g/mol. The van der Waals surface area contributed by atoms with Gasteiger partial charge in [0.05, 0.1) is 0 Å². The Morgan fingerprint density at radius 3 is 1.14 bits per heavy atom. The minimum atomic E-state index is -8.78. The number of aliphatic hydroxyl groups is 1. The van der Waals surface area contributed by atoms with Crippen LogP contribution in [0.1, 0.15) is 13.8 Å². The normalized spacial score (nSPS) is 17.1. The summed E-state index contributed by atoms with van der Waals surface area (Å²) in [5, 5.41) is 9.32. The van der Waals surface area contributed by atoms with Gasteiger partial charge in [-0.3, -0.25) is 0 Å². The quantitative estimate of drug-likeness (QED) is 0.206. The Morgan fingerprint density at radius 1 is 0.629 bits per heavy atom. The fourth-order valence-corrected chi connectivity index (χ4v) is 1.92. The van der Waals surface area contributed by atoms with Crippen LogP contribution in [0.25, 0.3) is 0 Å². The summed E-state index contributed by atoms with van der Waals surface area (Å²) in [6.45, 7) is 0.490. The summed E-state index contributed by atoms with van der Waals surface area (Å²) in [5.74, 6) is -60.0. The smallest absolute Gasteiger partial charge is 0.459 e. The summed E-state index contributed by atoms with van der Waals surface area (Å²) in [7, 11) is 0. The number of hydrogen-bond acceptors (Lipinski definition) is 3. The molecule has 1 unspecified atom stereocenters. The van der Waals surface area contributed by atoms with Gasteiger partial charge in [-0.15, -0.1) is 0 Å². The van der Waals surface area contributed by atoms with Gasteiger partial charge in [-0.2, -0.15) is 74.6 Å². The van der Waals surface area contributed by atoms with E-state index in [1.54, 1.807) is 0 Å². The lowest BCUT2D eigenvalue weighted by Crippen LogP contribution is -2.76. The highest BCUT2D eigenvalue weighted by molar-refractivity contribution is 5.86. The third-order valence-electron chi connectivity index (χ3n) is 4.23. The fraction of sp³-hybridized carbons (Fsp3) is 0.800. The Bertz CT molecular complexity index is 825. The Morgan fingerprint density at radius 2 is 0.886 bits per heavy atom. The molecular formula is C15H11F17O3. The summed E-state index contributed by atoms with van der Waals surface area (Å²) in [6, 6.07) is 0. The number of ether oxygens (including phenoxy) is 1. The number of halogens is 17. The number of hydrogen-bond donors (Lipinski definition) is 1. The Labute approximate surface area is 182 Å². The van der Waals surface area contributed by atoms with Crippen molar-refractivity contribution in [1.82, 2.24) is 0 Å². The van der Waals surface area contributed by atoms with Crippen LogP contribution in [0.3, 0.4) is 0 Å². The zero-order valence-electron chi connectivity index (χ0n) is 16.6. The van der Waals surface area contributed by atoms with E-state index in [9.17, 15) is 84.5 Å². The van der Waals surface area contributed by atoms with Gasteiger partial charge in [0.1, 0.15) is 6.61 Å². The van der Waals surface area contributed by atoms with Crippen LogP contribution in [0.2, 0.25) is 0 Å². The molecule has 0 spiro atoms. The van der Waals surface area contributed by atoms with Crippen LogP contribution in [0.4, 0.5) is 74.6 Å². The molecule has 35 heavy (non-hydrogen) atoms. The topological polar surface area (TPSA) is 46.5 Å². The highest BCUT2D eigenvalue weighted by atomic mass is 19.4. The molecule has 1 atom stereocenters. The van der Waals surface area contributed by atoms with Crippen LogP contribution in [-0.2, 0) is 9.53 Å². The van der Waals surface area contributed by atoms with Gasteiger partial charge in [0.25, 0.3) is 0 Å². The van der Waals surface area contributed by atoms with Crippen molar-refractivity contribution in [2.24, 2.45) is 0 Å². The highest BCUT2D eigenvalue weighted by Gasteiger charge is 2.96. The van der Waals surface area contributed by atoms with E-state index in [1.165, 1.54) is 0 Å². The van der Waals surface area contributed by atoms with Gasteiger partial charge in [0.15, 0.2) is 5.60 Å². The van der Waals surface area contributed by atoms with Crippen LogP contribution in [-0.4, -0.2) is 70.9 Å². The van der Waals surface area contributed by atoms with Gasteiger partial charge >= 0.3 is 53.6 Å². The van der Waals surface area contributed by atoms with Crippen molar-refractivity contribution >= 4 is 5.97 Å². The first kappa shape index (κ1) is 33.0. The van der Waals surface area contributed by atoms with Crippen molar-refractivity contribution in [2.75, 3.05) is 6.61 Å². The van der Waals surface area contributed by atoms with Gasteiger partial charge in [0.2, 0.25) is 0 Å². The van der Waals surface area contributed by atoms with E-state index in [0.717, 1.165) is 6.92 Å². The monoisotopic (exact) mass is 562 g/mol. The molecule has 0 aliphatic carbocycles. The van der Waals surface area contributed by atoms with Crippen molar-refractivity contribution in [1.29, 1.82) is 0 Å². The molecule has 0 aliphatic rings. The van der Waals surface area contributed by atoms with E-state index in [2.05, 4.69) is 11.3 Å². The number of alkyl halides is 17. The minimum absolute atomic E-state index is 0.620. The van der Waals surface area contributed by atoms with Crippen LogP contribution in [0, 0.1) is 0 Å². The molecule has 0 rings (SSSR count).